The topological polar surface area (TPSA) is 102 Å². The third-order valence-corrected chi connectivity index (χ3v) is 9.92. The summed E-state index contributed by atoms with van der Waals surface area (Å²) in [5.41, 5.74) is 0. The lowest BCUT2D eigenvalue weighted by molar-refractivity contribution is -0.889. The minimum absolute atomic E-state index is 0.00785. The Morgan fingerprint density at radius 2 is 0.887 bits per heavy atom. The summed E-state index contributed by atoms with van der Waals surface area (Å²) in [4.78, 5) is 36.9. The molecule has 0 bridgehead atoms. The molecule has 0 fully saturated rings. The fourth-order valence-corrected chi connectivity index (χ4v) is 6.29. The Morgan fingerprint density at radius 3 is 1.32 bits per heavy atom. The summed E-state index contributed by atoms with van der Waals surface area (Å²) in [6, 6.07) is -0.744. The highest BCUT2D eigenvalue weighted by molar-refractivity contribution is 5.70. The Bertz CT molecular complexity index is 1370. The molecule has 0 spiro atoms. The molecule has 0 heterocycles. The van der Waals surface area contributed by atoms with Crippen molar-refractivity contribution >= 4 is 17.9 Å². The fourth-order valence-electron chi connectivity index (χ4n) is 6.29. The Hall–Kier alpha value is -4.01. The van der Waals surface area contributed by atoms with Crippen LogP contribution in [0.1, 0.15) is 162 Å². The van der Waals surface area contributed by atoms with Gasteiger partial charge in [0.1, 0.15) is 12.6 Å². The summed E-state index contributed by atoms with van der Waals surface area (Å²) >= 11 is 0. The number of ether oxygens (including phenoxy) is 3. The molecule has 0 rings (SSSR count). The van der Waals surface area contributed by atoms with E-state index in [-0.39, 0.29) is 49.1 Å². The van der Waals surface area contributed by atoms with Gasteiger partial charge in [0.05, 0.1) is 40.3 Å². The van der Waals surface area contributed by atoms with Crippen molar-refractivity contribution in [1.29, 1.82) is 0 Å². The summed E-state index contributed by atoms with van der Waals surface area (Å²) < 4.78 is 17.1. The van der Waals surface area contributed by atoms with E-state index in [1.165, 1.54) is 38.5 Å². The molecule has 0 aromatic carbocycles. The van der Waals surface area contributed by atoms with E-state index in [1.807, 2.05) is 12.2 Å². The predicted octanol–water partition coefficient (Wildman–Crippen LogP) is 12.3. The molecule has 0 aromatic heterocycles. The van der Waals surface area contributed by atoms with Gasteiger partial charge in [-0.05, 0) is 83.5 Å². The van der Waals surface area contributed by atoms with Gasteiger partial charge in [-0.2, -0.15) is 0 Å². The van der Waals surface area contributed by atoms with E-state index >= 15 is 0 Å². The SMILES string of the molecule is CC/C=C/C/C=C/C/C=C/C/C=C/C/C=C/C/C=C/CCC(=O)OCC(COCCC(C(=O)[O-])[N+](C)(C)C)OC(=O)CCCCCCCCCCC/C=C/C/C=C/C/C=C/CC. The molecule has 0 amide bonds. The van der Waals surface area contributed by atoms with Crippen LogP contribution in [0.25, 0.3) is 0 Å². The van der Waals surface area contributed by atoms with Gasteiger partial charge in [-0.15, -0.1) is 0 Å². The van der Waals surface area contributed by atoms with Crippen molar-refractivity contribution in [2.24, 2.45) is 0 Å². The number of carbonyl (C=O) groups is 3. The molecule has 0 radical (unpaired) electrons. The first-order valence-corrected chi connectivity index (χ1v) is 23.9. The van der Waals surface area contributed by atoms with E-state index in [1.54, 1.807) is 21.1 Å². The highest BCUT2D eigenvalue weighted by Gasteiger charge is 2.25. The lowest BCUT2D eigenvalue weighted by Crippen LogP contribution is -2.55. The Morgan fingerprint density at radius 1 is 0.484 bits per heavy atom. The van der Waals surface area contributed by atoms with E-state index in [0.29, 0.717) is 12.8 Å². The minimum Gasteiger partial charge on any atom is -0.544 e. The lowest BCUT2D eigenvalue weighted by Gasteiger charge is -2.34. The van der Waals surface area contributed by atoms with Gasteiger partial charge in [-0.3, -0.25) is 9.59 Å². The zero-order chi connectivity index (χ0) is 45.6. The van der Waals surface area contributed by atoms with Crippen LogP contribution in [-0.4, -0.2) is 75.5 Å². The number of hydrogen-bond acceptors (Lipinski definition) is 7. The van der Waals surface area contributed by atoms with Gasteiger partial charge in [0.2, 0.25) is 0 Å². The first-order chi connectivity index (χ1) is 30.1. The van der Waals surface area contributed by atoms with Crippen LogP contribution in [0.4, 0.5) is 0 Å². The van der Waals surface area contributed by atoms with Crippen LogP contribution in [0.2, 0.25) is 0 Å². The summed E-state index contributed by atoms with van der Waals surface area (Å²) in [5, 5.41) is 11.6. The van der Waals surface area contributed by atoms with Crippen LogP contribution in [0.15, 0.2) is 109 Å². The number of nitrogens with zero attached hydrogens (tertiary/aromatic N) is 1. The molecule has 0 saturated carbocycles. The number of carboxylic acids is 1. The van der Waals surface area contributed by atoms with Crippen molar-refractivity contribution in [3.63, 3.8) is 0 Å². The molecule has 0 aliphatic rings. The summed E-state index contributed by atoms with van der Waals surface area (Å²) in [5.74, 6) is -1.86. The zero-order valence-corrected chi connectivity index (χ0v) is 39.7. The molecular weight excluding hydrogens is 775 g/mol. The number of unbranched alkanes of at least 4 members (excludes halogenated alkanes) is 9. The smallest absolute Gasteiger partial charge is 0.306 e. The average Bonchev–Trinajstić information content (AvgIpc) is 3.23. The van der Waals surface area contributed by atoms with E-state index in [2.05, 4.69) is 111 Å². The Labute approximate surface area is 378 Å². The standard InChI is InChI=1S/C54H87NO7/c1-6-8-10-12-14-16-18-20-22-24-26-28-30-32-34-36-38-40-42-44-52(56)61-49-50(48-60-47-46-51(54(58)59)55(3,4)5)62-53(57)45-43-41-39-37-35-33-31-29-27-25-23-21-19-17-15-13-11-9-7-2/h8-11,14-17,20-23,26,28,32,34,38,40,50-51H,6-7,12-13,18-19,24-25,27,29-31,33,35-37,39,41-49H2,1-5H3/b10-8+,11-9+,16-14+,17-15+,22-20+,23-21+,28-26+,34-32+,40-38+. The second-order valence-electron chi connectivity index (χ2n) is 16.6. The number of quaternary nitrogens is 1. The van der Waals surface area contributed by atoms with E-state index in [4.69, 9.17) is 14.2 Å². The van der Waals surface area contributed by atoms with Gasteiger partial charge in [-0.1, -0.05) is 168 Å². The number of carboxylic acid groups (broad SMARTS) is 1. The number of likely N-dealkylation sites (N-methyl/N-ethyl adjacent to an activating group) is 1. The van der Waals surface area contributed by atoms with Gasteiger partial charge in [-0.25, -0.2) is 0 Å². The number of allylic oxidation sites excluding steroid dienone is 18. The van der Waals surface area contributed by atoms with E-state index < -0.39 is 18.1 Å². The van der Waals surface area contributed by atoms with Crippen molar-refractivity contribution in [3.05, 3.63) is 109 Å². The fraction of sp³-hybridized carbons (Fsp3) is 0.611. The van der Waals surface area contributed by atoms with Crippen LogP contribution < -0.4 is 5.11 Å². The van der Waals surface area contributed by atoms with Crippen LogP contribution in [0, 0.1) is 0 Å². The van der Waals surface area contributed by atoms with Crippen LogP contribution in [0.3, 0.4) is 0 Å². The van der Waals surface area contributed by atoms with Crippen molar-refractivity contribution < 1.29 is 38.2 Å². The van der Waals surface area contributed by atoms with Crippen molar-refractivity contribution in [1.82, 2.24) is 0 Å². The molecule has 2 atom stereocenters. The number of carbonyl (C=O) groups excluding carboxylic acids is 3. The lowest BCUT2D eigenvalue weighted by atomic mass is 10.1. The highest BCUT2D eigenvalue weighted by atomic mass is 16.6. The van der Waals surface area contributed by atoms with Gasteiger partial charge >= 0.3 is 11.9 Å². The number of esters is 2. The maximum atomic E-state index is 12.8. The second-order valence-corrected chi connectivity index (χ2v) is 16.6. The Kier molecular flexibility index (Phi) is 40.8. The van der Waals surface area contributed by atoms with Crippen LogP contribution >= 0.6 is 0 Å². The molecular formula is C54H87NO7. The molecule has 0 saturated heterocycles. The maximum absolute atomic E-state index is 12.8. The van der Waals surface area contributed by atoms with Crippen LogP contribution in [-0.2, 0) is 28.6 Å². The summed E-state index contributed by atoms with van der Waals surface area (Å²) in [7, 11) is 5.38. The molecule has 62 heavy (non-hydrogen) atoms. The van der Waals surface area contributed by atoms with Crippen LogP contribution in [0.5, 0.6) is 0 Å². The van der Waals surface area contributed by atoms with E-state index in [0.717, 1.165) is 83.5 Å². The molecule has 0 aliphatic carbocycles. The normalized spacial score (nSPS) is 13.9. The quantitative estimate of drug-likeness (QED) is 0.0261. The summed E-state index contributed by atoms with van der Waals surface area (Å²) in [6.07, 6.45) is 59.9. The first-order valence-electron chi connectivity index (χ1n) is 23.9. The number of hydrogen-bond donors (Lipinski definition) is 0. The Balaban J connectivity index is 4.43. The van der Waals surface area contributed by atoms with Gasteiger partial charge in [0.25, 0.3) is 0 Å². The average molecular weight is 862 g/mol. The third-order valence-electron chi connectivity index (χ3n) is 9.92. The largest absolute Gasteiger partial charge is 0.544 e. The molecule has 8 nitrogen and oxygen atoms in total. The zero-order valence-electron chi connectivity index (χ0n) is 39.7. The van der Waals surface area contributed by atoms with Gasteiger partial charge in [0, 0.05) is 19.3 Å². The second kappa shape index (κ2) is 43.6. The minimum atomic E-state index is -1.14. The van der Waals surface area contributed by atoms with Crippen molar-refractivity contribution in [2.45, 2.75) is 174 Å². The molecule has 2 unspecified atom stereocenters. The summed E-state index contributed by atoms with van der Waals surface area (Å²) in [6.45, 7) is 4.34. The van der Waals surface area contributed by atoms with Gasteiger partial charge in [0.15, 0.2) is 6.10 Å². The molecule has 0 aliphatic heterocycles. The van der Waals surface area contributed by atoms with Crippen molar-refractivity contribution in [2.75, 3.05) is 41.0 Å². The monoisotopic (exact) mass is 862 g/mol. The predicted molar refractivity (Wildman–Crippen MR) is 258 cm³/mol. The number of rotatable bonds is 41. The molecule has 0 N–H and O–H groups in total. The molecule has 8 heteroatoms. The van der Waals surface area contributed by atoms with Gasteiger partial charge < -0.3 is 28.6 Å². The highest BCUT2D eigenvalue weighted by Crippen LogP contribution is 2.13. The third kappa shape index (κ3) is 41.3. The van der Waals surface area contributed by atoms with E-state index in [9.17, 15) is 19.5 Å². The molecule has 350 valence electrons. The molecule has 0 aromatic rings. The maximum Gasteiger partial charge on any atom is 0.306 e. The first kappa shape index (κ1) is 58.0. The van der Waals surface area contributed by atoms with Crippen molar-refractivity contribution in [3.8, 4) is 0 Å². The number of aliphatic carboxylic acids is 1.